The lowest BCUT2D eigenvalue weighted by Crippen LogP contribution is -2.30. The number of hydrogen-bond donors (Lipinski definition) is 0. The van der Waals surface area contributed by atoms with E-state index < -0.39 is 6.10 Å². The summed E-state index contributed by atoms with van der Waals surface area (Å²) in [5.74, 6) is -0.871. The monoisotopic (exact) mass is 995 g/mol. The van der Waals surface area contributed by atoms with Gasteiger partial charge in [-0.3, -0.25) is 14.4 Å². The van der Waals surface area contributed by atoms with E-state index in [1.165, 1.54) is 225 Å². The highest BCUT2D eigenvalue weighted by atomic mass is 16.6. The van der Waals surface area contributed by atoms with Crippen molar-refractivity contribution in [2.24, 2.45) is 0 Å². The number of carbonyl (C=O) groups excluding carboxylic acids is 3. The highest BCUT2D eigenvalue weighted by Crippen LogP contribution is 2.16. The summed E-state index contributed by atoms with van der Waals surface area (Å²) in [6, 6.07) is 0. The molecule has 0 aromatic rings. The number of rotatable bonds is 57. The average Bonchev–Trinajstić information content (AvgIpc) is 3.37. The van der Waals surface area contributed by atoms with E-state index in [9.17, 15) is 14.4 Å². The van der Waals surface area contributed by atoms with Gasteiger partial charge in [-0.15, -0.1) is 0 Å². The predicted octanol–water partition coefficient (Wildman–Crippen LogP) is 21.0. The van der Waals surface area contributed by atoms with E-state index in [4.69, 9.17) is 14.2 Å². The Kier molecular flexibility index (Phi) is 57.7. The van der Waals surface area contributed by atoms with E-state index in [0.717, 1.165) is 64.2 Å². The summed E-state index contributed by atoms with van der Waals surface area (Å²) in [4.78, 5) is 38.3. The third kappa shape index (κ3) is 58.1. The normalized spacial score (nSPS) is 11.9. The molecule has 6 nitrogen and oxygen atoms in total. The van der Waals surface area contributed by atoms with E-state index in [0.29, 0.717) is 19.3 Å². The molecule has 0 heterocycles. The largest absolute Gasteiger partial charge is 0.462 e. The maximum absolute atomic E-state index is 12.9. The molecule has 414 valence electrons. The molecule has 6 heteroatoms. The van der Waals surface area contributed by atoms with Crippen LogP contribution in [0.1, 0.15) is 329 Å². The number of allylic oxidation sites excluding steroid dienone is 8. The molecule has 0 aliphatic carbocycles. The molecule has 0 saturated carbocycles. The van der Waals surface area contributed by atoms with Crippen LogP contribution in [0.15, 0.2) is 48.6 Å². The fourth-order valence-electron chi connectivity index (χ4n) is 9.05. The molecule has 0 bridgehead atoms. The number of unbranched alkanes of at least 4 members (excludes halogenated alkanes) is 38. The smallest absolute Gasteiger partial charge is 0.306 e. The second kappa shape index (κ2) is 59.9. The first kappa shape index (κ1) is 68.4. The van der Waals surface area contributed by atoms with Gasteiger partial charge in [-0.25, -0.2) is 0 Å². The Bertz CT molecular complexity index is 1170. The van der Waals surface area contributed by atoms with Gasteiger partial charge in [-0.1, -0.05) is 256 Å². The van der Waals surface area contributed by atoms with Gasteiger partial charge in [-0.05, 0) is 103 Å². The van der Waals surface area contributed by atoms with Gasteiger partial charge >= 0.3 is 17.9 Å². The molecule has 0 aromatic carbocycles. The van der Waals surface area contributed by atoms with Gasteiger partial charge in [0.25, 0.3) is 0 Å². The van der Waals surface area contributed by atoms with Crippen molar-refractivity contribution in [2.75, 3.05) is 13.2 Å². The van der Waals surface area contributed by atoms with Gasteiger partial charge < -0.3 is 14.2 Å². The van der Waals surface area contributed by atoms with Gasteiger partial charge in [0.15, 0.2) is 6.10 Å². The van der Waals surface area contributed by atoms with Gasteiger partial charge in [-0.2, -0.15) is 0 Å². The average molecular weight is 996 g/mol. The molecule has 0 aromatic heterocycles. The summed E-state index contributed by atoms with van der Waals surface area (Å²) in [6.45, 7) is 6.64. The molecule has 0 atom stereocenters. The molecule has 0 saturated heterocycles. The van der Waals surface area contributed by atoms with E-state index in [1.807, 2.05) is 0 Å². The quantitative estimate of drug-likeness (QED) is 0.0261. The lowest BCUT2D eigenvalue weighted by Gasteiger charge is -2.18. The molecular weight excluding hydrogens is 877 g/mol. The van der Waals surface area contributed by atoms with Crippen molar-refractivity contribution < 1.29 is 28.6 Å². The van der Waals surface area contributed by atoms with Crippen molar-refractivity contribution in [2.45, 2.75) is 335 Å². The van der Waals surface area contributed by atoms with Crippen LogP contribution in [-0.2, 0) is 28.6 Å². The topological polar surface area (TPSA) is 78.9 Å². The van der Waals surface area contributed by atoms with Crippen molar-refractivity contribution in [1.29, 1.82) is 0 Å². The minimum atomic E-state index is -0.779. The first-order valence-corrected chi connectivity index (χ1v) is 31.1. The summed E-state index contributed by atoms with van der Waals surface area (Å²) in [6.07, 6.45) is 73.9. The van der Waals surface area contributed by atoms with Crippen LogP contribution in [0.25, 0.3) is 0 Å². The van der Waals surface area contributed by atoms with Crippen molar-refractivity contribution in [1.82, 2.24) is 0 Å². The van der Waals surface area contributed by atoms with Crippen molar-refractivity contribution >= 4 is 17.9 Å². The minimum Gasteiger partial charge on any atom is -0.462 e. The third-order valence-corrected chi connectivity index (χ3v) is 13.8. The molecule has 0 rings (SSSR count). The first-order valence-electron chi connectivity index (χ1n) is 31.1. The van der Waals surface area contributed by atoms with Crippen LogP contribution in [0, 0.1) is 0 Å². The second-order valence-corrected chi connectivity index (χ2v) is 21.0. The molecule has 0 spiro atoms. The van der Waals surface area contributed by atoms with E-state index in [-0.39, 0.29) is 31.1 Å². The van der Waals surface area contributed by atoms with Gasteiger partial charge in [0.2, 0.25) is 0 Å². The first-order chi connectivity index (χ1) is 35.0. The van der Waals surface area contributed by atoms with E-state index >= 15 is 0 Å². The SMILES string of the molecule is CCCCC/C=C\C/C=C\CCCCCCCCCCCC(=O)OC(COC(=O)CCCCCCCCC/C=C\CCCCCCCC)COC(=O)CCCCCCCCC/C=C\CCCCCCCC. The summed E-state index contributed by atoms with van der Waals surface area (Å²) in [7, 11) is 0. The van der Waals surface area contributed by atoms with Gasteiger partial charge in [0, 0.05) is 19.3 Å². The molecule has 0 amide bonds. The van der Waals surface area contributed by atoms with E-state index in [1.54, 1.807) is 0 Å². The lowest BCUT2D eigenvalue weighted by molar-refractivity contribution is -0.167. The summed E-state index contributed by atoms with van der Waals surface area (Å²) in [5.41, 5.74) is 0. The zero-order chi connectivity index (χ0) is 51.4. The molecule has 0 radical (unpaired) electrons. The molecule has 0 aliphatic heterocycles. The van der Waals surface area contributed by atoms with Crippen molar-refractivity contribution in [3.63, 3.8) is 0 Å². The molecule has 71 heavy (non-hydrogen) atoms. The summed E-state index contributed by atoms with van der Waals surface area (Å²) in [5, 5.41) is 0. The standard InChI is InChI=1S/C65H118O6/c1-4-7-10-13-16-19-22-25-28-31-32-35-38-41-44-47-50-53-56-59-65(68)71-62(60-69-63(66)57-54-51-48-45-42-39-36-33-29-26-23-20-17-14-11-8-5-2)61-70-64(67)58-55-52-49-46-43-40-37-34-30-27-24-21-18-15-12-9-6-3/h16,19,25-30,62H,4-15,17-18,20-24,31-61H2,1-3H3/b19-16-,28-25-,29-26-,30-27-. The lowest BCUT2D eigenvalue weighted by atomic mass is 10.1. The minimum absolute atomic E-state index is 0.0764. The zero-order valence-electron chi connectivity index (χ0n) is 47.5. The van der Waals surface area contributed by atoms with Crippen molar-refractivity contribution in [3.8, 4) is 0 Å². The Hall–Kier alpha value is -2.63. The summed E-state index contributed by atoms with van der Waals surface area (Å²) < 4.78 is 16.9. The highest BCUT2D eigenvalue weighted by Gasteiger charge is 2.19. The van der Waals surface area contributed by atoms with Crippen LogP contribution < -0.4 is 0 Å². The van der Waals surface area contributed by atoms with Crippen LogP contribution in [0.2, 0.25) is 0 Å². The fourth-order valence-corrected chi connectivity index (χ4v) is 9.05. The third-order valence-electron chi connectivity index (χ3n) is 13.8. The Morgan fingerprint density at radius 3 is 0.817 bits per heavy atom. The number of carbonyl (C=O) groups is 3. The number of hydrogen-bond acceptors (Lipinski definition) is 6. The van der Waals surface area contributed by atoms with Gasteiger partial charge in [0.1, 0.15) is 13.2 Å². The molecule has 0 unspecified atom stereocenters. The zero-order valence-corrected chi connectivity index (χ0v) is 47.5. The highest BCUT2D eigenvalue weighted by molar-refractivity contribution is 5.71. The Morgan fingerprint density at radius 1 is 0.282 bits per heavy atom. The van der Waals surface area contributed by atoms with Crippen molar-refractivity contribution in [3.05, 3.63) is 48.6 Å². The van der Waals surface area contributed by atoms with E-state index in [2.05, 4.69) is 69.4 Å². The Labute approximate surface area is 441 Å². The van der Waals surface area contributed by atoms with Crippen LogP contribution in [-0.4, -0.2) is 37.2 Å². The Balaban J connectivity index is 4.37. The molecular formula is C65H118O6. The predicted molar refractivity (Wildman–Crippen MR) is 307 cm³/mol. The maximum atomic E-state index is 12.9. The molecule has 0 fully saturated rings. The Morgan fingerprint density at radius 2 is 0.507 bits per heavy atom. The van der Waals surface area contributed by atoms with Crippen LogP contribution in [0.4, 0.5) is 0 Å². The number of ether oxygens (including phenoxy) is 3. The molecule has 0 N–H and O–H groups in total. The van der Waals surface area contributed by atoms with Crippen LogP contribution in [0.3, 0.4) is 0 Å². The van der Waals surface area contributed by atoms with Crippen LogP contribution >= 0.6 is 0 Å². The second-order valence-electron chi connectivity index (χ2n) is 21.0. The number of esters is 3. The maximum Gasteiger partial charge on any atom is 0.306 e. The van der Waals surface area contributed by atoms with Gasteiger partial charge in [0.05, 0.1) is 0 Å². The molecule has 0 aliphatic rings. The summed E-state index contributed by atoms with van der Waals surface area (Å²) >= 11 is 0. The fraction of sp³-hybridized carbons (Fsp3) is 0.831. The van der Waals surface area contributed by atoms with Crippen LogP contribution in [0.5, 0.6) is 0 Å².